The van der Waals surface area contributed by atoms with Crippen LogP contribution in [-0.4, -0.2) is 31.1 Å². The molecule has 3 rings (SSSR count). The maximum atomic E-state index is 6.15. The molecular weight excluding hydrogens is 250 g/mol. The number of nitrogens with zero attached hydrogens (tertiary/aromatic N) is 2. The third-order valence-electron chi connectivity index (χ3n) is 4.65. The monoisotopic (exact) mass is 273 g/mol. The van der Waals surface area contributed by atoms with Crippen LogP contribution in [0.15, 0.2) is 29.3 Å². The maximum Gasteiger partial charge on any atom is 0.192 e. The van der Waals surface area contributed by atoms with Crippen molar-refractivity contribution in [3.8, 4) is 5.75 Å². The molecule has 108 valence electrons. The van der Waals surface area contributed by atoms with Crippen molar-refractivity contribution in [1.29, 1.82) is 0 Å². The molecule has 1 saturated carbocycles. The third kappa shape index (κ3) is 2.13. The fraction of sp³-hybridized carbons (Fsp3) is 0.562. The van der Waals surface area contributed by atoms with E-state index < -0.39 is 0 Å². The molecule has 2 aliphatic rings. The Balaban J connectivity index is 1.91. The Bertz CT molecular complexity index is 507. The molecule has 1 aromatic rings. The summed E-state index contributed by atoms with van der Waals surface area (Å²) in [6.07, 6.45) is 3.66. The van der Waals surface area contributed by atoms with Crippen LogP contribution in [-0.2, 0) is 5.54 Å². The van der Waals surface area contributed by atoms with E-state index in [1.807, 2.05) is 12.1 Å². The zero-order valence-corrected chi connectivity index (χ0v) is 12.3. The predicted octanol–water partition coefficient (Wildman–Crippen LogP) is 2.34. The van der Waals surface area contributed by atoms with Gasteiger partial charge in [0.2, 0.25) is 0 Å². The largest absolute Gasteiger partial charge is 0.497 e. The molecule has 0 saturated heterocycles. The number of methoxy groups -OCH3 is 1. The Morgan fingerprint density at radius 2 is 2.05 bits per heavy atom. The van der Waals surface area contributed by atoms with Gasteiger partial charge in [-0.25, -0.2) is 0 Å². The smallest absolute Gasteiger partial charge is 0.192 e. The van der Waals surface area contributed by atoms with Crippen molar-refractivity contribution in [3.63, 3.8) is 0 Å². The summed E-state index contributed by atoms with van der Waals surface area (Å²) in [6, 6.07) is 8.35. The van der Waals surface area contributed by atoms with Crippen LogP contribution in [0.25, 0.3) is 0 Å². The fourth-order valence-corrected chi connectivity index (χ4v) is 3.08. The Morgan fingerprint density at radius 1 is 1.35 bits per heavy atom. The van der Waals surface area contributed by atoms with Crippen molar-refractivity contribution in [1.82, 2.24) is 4.90 Å². The molecule has 4 nitrogen and oxygen atoms in total. The first-order chi connectivity index (χ1) is 9.69. The van der Waals surface area contributed by atoms with Gasteiger partial charge in [-0.3, -0.25) is 4.99 Å². The summed E-state index contributed by atoms with van der Waals surface area (Å²) >= 11 is 0. The average molecular weight is 273 g/mol. The van der Waals surface area contributed by atoms with E-state index in [0.717, 1.165) is 31.2 Å². The van der Waals surface area contributed by atoms with Gasteiger partial charge >= 0.3 is 0 Å². The quantitative estimate of drug-likeness (QED) is 0.896. The highest BCUT2D eigenvalue weighted by atomic mass is 16.5. The minimum absolute atomic E-state index is 0.0705. The van der Waals surface area contributed by atoms with Crippen molar-refractivity contribution in [2.24, 2.45) is 16.6 Å². The van der Waals surface area contributed by atoms with Gasteiger partial charge in [-0.05, 0) is 42.9 Å². The van der Waals surface area contributed by atoms with Crippen molar-refractivity contribution in [2.75, 3.05) is 20.2 Å². The van der Waals surface area contributed by atoms with E-state index >= 15 is 0 Å². The van der Waals surface area contributed by atoms with Gasteiger partial charge in [0.15, 0.2) is 5.96 Å². The predicted molar refractivity (Wildman–Crippen MR) is 80.9 cm³/mol. The lowest BCUT2D eigenvalue weighted by molar-refractivity contribution is 0.187. The van der Waals surface area contributed by atoms with E-state index in [2.05, 4.69) is 28.9 Å². The molecule has 0 bridgehead atoms. The fourth-order valence-electron chi connectivity index (χ4n) is 3.08. The SMILES string of the molecule is CCC1(c2ccc(OC)cc2)CN=C(N)N1CC1CC1. The average Bonchev–Trinajstić information content (AvgIpc) is 3.25. The number of rotatable bonds is 5. The normalized spacial score (nSPS) is 25.7. The summed E-state index contributed by atoms with van der Waals surface area (Å²) in [6.45, 7) is 4.02. The zero-order valence-electron chi connectivity index (χ0n) is 12.3. The zero-order chi connectivity index (χ0) is 14.2. The van der Waals surface area contributed by atoms with Crippen LogP contribution in [0.5, 0.6) is 5.75 Å². The summed E-state index contributed by atoms with van der Waals surface area (Å²) in [7, 11) is 1.70. The summed E-state index contributed by atoms with van der Waals surface area (Å²) in [5, 5.41) is 0. The molecule has 2 N–H and O–H groups in total. The molecule has 0 aromatic heterocycles. The molecule has 1 heterocycles. The first-order valence-corrected chi connectivity index (χ1v) is 7.41. The summed E-state index contributed by atoms with van der Waals surface area (Å²) in [5.41, 5.74) is 7.36. The molecule has 1 unspecified atom stereocenters. The van der Waals surface area contributed by atoms with Crippen molar-refractivity contribution < 1.29 is 4.74 Å². The van der Waals surface area contributed by atoms with Crippen molar-refractivity contribution in [2.45, 2.75) is 31.7 Å². The van der Waals surface area contributed by atoms with E-state index in [-0.39, 0.29) is 5.54 Å². The van der Waals surface area contributed by atoms with Crippen molar-refractivity contribution >= 4 is 5.96 Å². The van der Waals surface area contributed by atoms with Gasteiger partial charge in [-0.15, -0.1) is 0 Å². The lowest BCUT2D eigenvalue weighted by Gasteiger charge is -2.39. The Labute approximate surface area is 120 Å². The Morgan fingerprint density at radius 3 is 2.60 bits per heavy atom. The van der Waals surface area contributed by atoms with Crippen LogP contribution >= 0.6 is 0 Å². The van der Waals surface area contributed by atoms with Crippen LogP contribution in [0, 0.1) is 5.92 Å². The molecule has 0 radical (unpaired) electrons. The van der Waals surface area contributed by atoms with Crippen molar-refractivity contribution in [3.05, 3.63) is 29.8 Å². The molecule has 4 heteroatoms. The summed E-state index contributed by atoms with van der Waals surface area (Å²) in [5.74, 6) is 2.39. The van der Waals surface area contributed by atoms with E-state index in [1.165, 1.54) is 18.4 Å². The number of ether oxygens (including phenoxy) is 1. The topological polar surface area (TPSA) is 50.9 Å². The first-order valence-electron chi connectivity index (χ1n) is 7.41. The minimum atomic E-state index is -0.0705. The summed E-state index contributed by atoms with van der Waals surface area (Å²) < 4.78 is 5.25. The molecule has 0 spiro atoms. The van der Waals surface area contributed by atoms with Gasteiger partial charge < -0.3 is 15.4 Å². The lowest BCUT2D eigenvalue weighted by atomic mass is 9.86. The van der Waals surface area contributed by atoms with E-state index in [9.17, 15) is 0 Å². The number of aliphatic imine (C=N–C) groups is 1. The van der Waals surface area contributed by atoms with Gasteiger partial charge in [0, 0.05) is 6.54 Å². The number of hydrogen-bond acceptors (Lipinski definition) is 4. The number of guanidine groups is 1. The highest BCUT2D eigenvalue weighted by Crippen LogP contribution is 2.40. The second kappa shape index (κ2) is 5.00. The number of hydrogen-bond donors (Lipinski definition) is 1. The molecule has 0 amide bonds. The van der Waals surface area contributed by atoms with Crippen LogP contribution in [0.1, 0.15) is 31.7 Å². The third-order valence-corrected chi connectivity index (χ3v) is 4.65. The second-order valence-corrected chi connectivity index (χ2v) is 5.84. The van der Waals surface area contributed by atoms with Gasteiger partial charge in [0.05, 0.1) is 19.2 Å². The standard InChI is InChI=1S/C16H23N3O/c1-3-16(13-6-8-14(20-2)9-7-13)11-18-15(17)19(16)10-12-4-5-12/h6-9,12H,3-5,10-11H2,1-2H3,(H2,17,18). The van der Waals surface area contributed by atoms with E-state index in [1.54, 1.807) is 7.11 Å². The van der Waals surface area contributed by atoms with Crippen LogP contribution in [0.4, 0.5) is 0 Å². The lowest BCUT2D eigenvalue weighted by Crippen LogP contribution is -2.49. The highest BCUT2D eigenvalue weighted by Gasteiger charge is 2.44. The molecule has 1 atom stereocenters. The molecule has 1 aliphatic carbocycles. The second-order valence-electron chi connectivity index (χ2n) is 5.84. The van der Waals surface area contributed by atoms with Gasteiger partial charge in [0.1, 0.15) is 5.75 Å². The Kier molecular flexibility index (Phi) is 3.32. The van der Waals surface area contributed by atoms with E-state index in [4.69, 9.17) is 10.5 Å². The van der Waals surface area contributed by atoms with Gasteiger partial charge in [-0.1, -0.05) is 19.1 Å². The van der Waals surface area contributed by atoms with Crippen LogP contribution in [0.3, 0.4) is 0 Å². The molecule has 1 aromatic carbocycles. The van der Waals surface area contributed by atoms with Crippen LogP contribution in [0.2, 0.25) is 0 Å². The van der Waals surface area contributed by atoms with E-state index in [0.29, 0.717) is 5.96 Å². The Hall–Kier alpha value is -1.71. The molecular formula is C16H23N3O. The number of nitrogens with two attached hydrogens (primary N) is 1. The highest BCUT2D eigenvalue weighted by molar-refractivity contribution is 5.81. The maximum absolute atomic E-state index is 6.15. The van der Waals surface area contributed by atoms with Crippen LogP contribution < -0.4 is 10.5 Å². The van der Waals surface area contributed by atoms with Gasteiger partial charge in [0.25, 0.3) is 0 Å². The molecule has 20 heavy (non-hydrogen) atoms. The molecule has 1 fully saturated rings. The molecule has 1 aliphatic heterocycles. The summed E-state index contributed by atoms with van der Waals surface area (Å²) in [4.78, 5) is 6.86. The minimum Gasteiger partial charge on any atom is -0.497 e. The number of benzene rings is 1. The van der Waals surface area contributed by atoms with Gasteiger partial charge in [-0.2, -0.15) is 0 Å². The first kappa shape index (κ1) is 13.3.